The van der Waals surface area contributed by atoms with Gasteiger partial charge in [-0.15, -0.1) is 0 Å². The Bertz CT molecular complexity index is 727. The Hall–Kier alpha value is -2.81. The van der Waals surface area contributed by atoms with Crippen molar-refractivity contribution < 1.29 is 4.42 Å². The highest BCUT2D eigenvalue weighted by atomic mass is 16.3. The molecule has 0 aliphatic carbocycles. The molecule has 0 atom stereocenters. The molecule has 0 aliphatic rings. The molecular formula is C18H16N2O. The van der Waals surface area contributed by atoms with E-state index in [0.717, 1.165) is 28.6 Å². The number of aryl methyl sites for hydroxylation is 1. The van der Waals surface area contributed by atoms with Gasteiger partial charge in [0.25, 0.3) is 0 Å². The summed E-state index contributed by atoms with van der Waals surface area (Å²) in [6.07, 6.45) is 1.73. The van der Waals surface area contributed by atoms with Crippen LogP contribution in [-0.2, 0) is 0 Å². The van der Waals surface area contributed by atoms with Gasteiger partial charge in [-0.3, -0.25) is 4.99 Å². The standard InChI is InChI=1S/C18H16N2O/c1-14-7-12-18(21-14)13-19-15-8-10-17(11-9-15)20-16-5-3-2-4-6-16/h2-13,20H,1H3. The van der Waals surface area contributed by atoms with Gasteiger partial charge in [0, 0.05) is 11.4 Å². The van der Waals surface area contributed by atoms with Crippen LogP contribution in [0.15, 0.2) is 76.1 Å². The zero-order valence-corrected chi connectivity index (χ0v) is 11.8. The van der Waals surface area contributed by atoms with Crippen LogP contribution in [0.2, 0.25) is 0 Å². The molecule has 2 aromatic carbocycles. The number of anilines is 2. The molecule has 21 heavy (non-hydrogen) atoms. The van der Waals surface area contributed by atoms with Crippen molar-refractivity contribution >= 4 is 23.3 Å². The molecule has 0 fully saturated rings. The number of para-hydroxylation sites is 1. The van der Waals surface area contributed by atoms with Crippen LogP contribution in [0.1, 0.15) is 11.5 Å². The molecule has 1 heterocycles. The summed E-state index contributed by atoms with van der Waals surface area (Å²) in [6, 6.07) is 21.9. The molecule has 0 aliphatic heterocycles. The SMILES string of the molecule is Cc1ccc(C=Nc2ccc(Nc3ccccc3)cc2)o1. The van der Waals surface area contributed by atoms with Crippen molar-refractivity contribution in [3.8, 4) is 0 Å². The molecule has 3 aromatic rings. The quantitative estimate of drug-likeness (QED) is 0.674. The predicted molar refractivity (Wildman–Crippen MR) is 86.9 cm³/mol. The summed E-state index contributed by atoms with van der Waals surface area (Å²) in [4.78, 5) is 4.39. The summed E-state index contributed by atoms with van der Waals surface area (Å²) >= 11 is 0. The zero-order chi connectivity index (χ0) is 14.5. The summed E-state index contributed by atoms with van der Waals surface area (Å²) in [5.74, 6) is 1.65. The van der Waals surface area contributed by atoms with Crippen LogP contribution in [0.25, 0.3) is 0 Å². The lowest BCUT2D eigenvalue weighted by atomic mass is 10.2. The largest absolute Gasteiger partial charge is 0.460 e. The van der Waals surface area contributed by atoms with E-state index in [9.17, 15) is 0 Å². The van der Waals surface area contributed by atoms with Crippen molar-refractivity contribution in [3.63, 3.8) is 0 Å². The number of benzene rings is 2. The van der Waals surface area contributed by atoms with E-state index >= 15 is 0 Å². The summed E-state index contributed by atoms with van der Waals surface area (Å²) in [5.41, 5.74) is 3.00. The fourth-order valence-corrected chi connectivity index (χ4v) is 1.98. The number of hydrogen-bond donors (Lipinski definition) is 1. The molecule has 1 aromatic heterocycles. The zero-order valence-electron chi connectivity index (χ0n) is 11.8. The Kier molecular flexibility index (Phi) is 3.83. The summed E-state index contributed by atoms with van der Waals surface area (Å²) in [7, 11) is 0. The lowest BCUT2D eigenvalue weighted by Crippen LogP contribution is -1.88. The highest BCUT2D eigenvalue weighted by molar-refractivity contribution is 5.78. The third kappa shape index (κ3) is 3.60. The van der Waals surface area contributed by atoms with Gasteiger partial charge in [-0.2, -0.15) is 0 Å². The van der Waals surface area contributed by atoms with Gasteiger partial charge < -0.3 is 9.73 Å². The lowest BCUT2D eigenvalue weighted by Gasteiger charge is -2.05. The number of rotatable bonds is 4. The van der Waals surface area contributed by atoms with E-state index in [1.807, 2.05) is 73.7 Å². The molecule has 3 heteroatoms. The smallest absolute Gasteiger partial charge is 0.145 e. The van der Waals surface area contributed by atoms with Gasteiger partial charge in [-0.25, -0.2) is 0 Å². The first-order valence-electron chi connectivity index (χ1n) is 6.82. The average molecular weight is 276 g/mol. The van der Waals surface area contributed by atoms with Crippen molar-refractivity contribution in [3.05, 3.63) is 78.3 Å². The van der Waals surface area contributed by atoms with Gasteiger partial charge in [-0.1, -0.05) is 18.2 Å². The highest BCUT2D eigenvalue weighted by Gasteiger charge is 1.96. The fourth-order valence-electron chi connectivity index (χ4n) is 1.98. The normalized spacial score (nSPS) is 10.9. The third-order valence-electron chi connectivity index (χ3n) is 3.03. The van der Waals surface area contributed by atoms with Gasteiger partial charge in [-0.05, 0) is 55.5 Å². The van der Waals surface area contributed by atoms with Gasteiger partial charge in [0.2, 0.25) is 0 Å². The van der Waals surface area contributed by atoms with Gasteiger partial charge in [0.1, 0.15) is 11.5 Å². The highest BCUT2D eigenvalue weighted by Crippen LogP contribution is 2.20. The molecule has 0 unspecified atom stereocenters. The molecule has 1 N–H and O–H groups in total. The molecule has 0 amide bonds. The Morgan fingerprint density at radius 1 is 0.857 bits per heavy atom. The number of aliphatic imine (C=N–C) groups is 1. The summed E-state index contributed by atoms with van der Waals surface area (Å²) in [5, 5.41) is 3.34. The molecule has 104 valence electrons. The minimum absolute atomic E-state index is 0.763. The van der Waals surface area contributed by atoms with Gasteiger partial charge in [0.15, 0.2) is 0 Å². The maximum absolute atomic E-state index is 5.45. The second-order valence-corrected chi connectivity index (χ2v) is 4.74. The molecule has 0 bridgehead atoms. The van der Waals surface area contributed by atoms with Crippen molar-refractivity contribution in [2.45, 2.75) is 6.92 Å². The number of nitrogens with one attached hydrogen (secondary N) is 1. The van der Waals surface area contributed by atoms with E-state index in [1.165, 1.54) is 0 Å². The molecule has 0 radical (unpaired) electrons. The van der Waals surface area contributed by atoms with E-state index < -0.39 is 0 Å². The van der Waals surface area contributed by atoms with Gasteiger partial charge >= 0.3 is 0 Å². The fraction of sp³-hybridized carbons (Fsp3) is 0.0556. The molecule has 3 rings (SSSR count). The van der Waals surface area contributed by atoms with Crippen LogP contribution in [0, 0.1) is 6.92 Å². The van der Waals surface area contributed by atoms with E-state index in [-0.39, 0.29) is 0 Å². The van der Waals surface area contributed by atoms with E-state index in [0.29, 0.717) is 0 Å². The third-order valence-corrected chi connectivity index (χ3v) is 3.03. The van der Waals surface area contributed by atoms with Crippen LogP contribution in [0.4, 0.5) is 17.1 Å². The van der Waals surface area contributed by atoms with E-state index in [2.05, 4.69) is 10.3 Å². The Balaban J connectivity index is 1.68. The van der Waals surface area contributed by atoms with Crippen LogP contribution < -0.4 is 5.32 Å². The molecule has 0 saturated heterocycles. The lowest BCUT2D eigenvalue weighted by molar-refractivity contribution is 0.528. The molecule has 0 saturated carbocycles. The first-order chi connectivity index (χ1) is 10.3. The van der Waals surface area contributed by atoms with Crippen molar-refractivity contribution in [1.82, 2.24) is 0 Å². The second-order valence-electron chi connectivity index (χ2n) is 4.74. The van der Waals surface area contributed by atoms with Crippen LogP contribution in [-0.4, -0.2) is 6.21 Å². The Labute approximate surface area is 124 Å². The Morgan fingerprint density at radius 2 is 1.57 bits per heavy atom. The number of hydrogen-bond acceptors (Lipinski definition) is 3. The summed E-state index contributed by atoms with van der Waals surface area (Å²) in [6.45, 7) is 1.92. The van der Waals surface area contributed by atoms with E-state index in [4.69, 9.17) is 4.42 Å². The van der Waals surface area contributed by atoms with Crippen LogP contribution in [0.5, 0.6) is 0 Å². The minimum atomic E-state index is 0.763. The molecular weight excluding hydrogens is 260 g/mol. The van der Waals surface area contributed by atoms with Gasteiger partial charge in [0.05, 0.1) is 11.9 Å². The average Bonchev–Trinajstić information content (AvgIpc) is 2.93. The van der Waals surface area contributed by atoms with Crippen molar-refractivity contribution in [2.24, 2.45) is 4.99 Å². The Morgan fingerprint density at radius 3 is 2.24 bits per heavy atom. The minimum Gasteiger partial charge on any atom is -0.460 e. The topological polar surface area (TPSA) is 37.5 Å². The second kappa shape index (κ2) is 6.09. The van der Waals surface area contributed by atoms with E-state index in [1.54, 1.807) is 6.21 Å². The molecule has 3 nitrogen and oxygen atoms in total. The maximum Gasteiger partial charge on any atom is 0.145 e. The molecule has 0 spiro atoms. The van der Waals surface area contributed by atoms with Crippen LogP contribution in [0.3, 0.4) is 0 Å². The van der Waals surface area contributed by atoms with Crippen LogP contribution >= 0.6 is 0 Å². The number of furan rings is 1. The van der Waals surface area contributed by atoms with Crippen molar-refractivity contribution in [1.29, 1.82) is 0 Å². The summed E-state index contributed by atoms with van der Waals surface area (Å²) < 4.78 is 5.45. The number of nitrogens with zero attached hydrogens (tertiary/aromatic N) is 1. The van der Waals surface area contributed by atoms with Crippen molar-refractivity contribution in [2.75, 3.05) is 5.32 Å². The first-order valence-corrected chi connectivity index (χ1v) is 6.82. The maximum atomic E-state index is 5.45. The predicted octanol–water partition coefficient (Wildman–Crippen LogP) is 5.08. The first kappa shape index (κ1) is 13.2. The monoisotopic (exact) mass is 276 g/mol.